The van der Waals surface area contributed by atoms with Crippen molar-refractivity contribution < 1.29 is 5.11 Å². The molecule has 0 saturated heterocycles. The van der Waals surface area contributed by atoms with Crippen molar-refractivity contribution in [3.63, 3.8) is 0 Å². The second kappa shape index (κ2) is 2.74. The summed E-state index contributed by atoms with van der Waals surface area (Å²) in [4.78, 5) is 4.11. The summed E-state index contributed by atoms with van der Waals surface area (Å²) in [6.07, 6.45) is -0.408. The fourth-order valence-corrected chi connectivity index (χ4v) is 1.51. The van der Waals surface area contributed by atoms with Gasteiger partial charge in [0.2, 0.25) is 0 Å². The molecule has 4 nitrogen and oxygen atoms in total. The van der Waals surface area contributed by atoms with Crippen LogP contribution in [-0.4, -0.2) is 17.1 Å². The number of hydrogen-bond donors (Lipinski definition) is 3. The van der Waals surface area contributed by atoms with Gasteiger partial charge in [0.15, 0.2) is 6.29 Å². The van der Waals surface area contributed by atoms with E-state index in [4.69, 9.17) is 5.73 Å². The van der Waals surface area contributed by atoms with Crippen LogP contribution in [-0.2, 0) is 0 Å². The van der Waals surface area contributed by atoms with Gasteiger partial charge >= 0.3 is 0 Å². The summed E-state index contributed by atoms with van der Waals surface area (Å²) in [5.41, 5.74) is 7.95. The molecule has 0 spiro atoms. The van der Waals surface area contributed by atoms with Crippen molar-refractivity contribution in [2.45, 2.75) is 13.2 Å². The SMILES string of the molecule is CC1=NC(N)Nc2cccc(O)c21. The van der Waals surface area contributed by atoms with Crippen LogP contribution in [0.15, 0.2) is 23.2 Å². The first kappa shape index (κ1) is 8.07. The average molecular weight is 177 g/mol. The molecule has 1 heterocycles. The van der Waals surface area contributed by atoms with Gasteiger partial charge in [0.05, 0.1) is 5.56 Å². The van der Waals surface area contributed by atoms with Crippen molar-refractivity contribution in [2.75, 3.05) is 5.32 Å². The van der Waals surface area contributed by atoms with E-state index in [1.807, 2.05) is 13.0 Å². The quantitative estimate of drug-likeness (QED) is 0.550. The highest BCUT2D eigenvalue weighted by Crippen LogP contribution is 2.28. The van der Waals surface area contributed by atoms with Crippen molar-refractivity contribution in [3.05, 3.63) is 23.8 Å². The molecule has 4 heteroatoms. The fourth-order valence-electron chi connectivity index (χ4n) is 1.51. The monoisotopic (exact) mass is 177 g/mol. The van der Waals surface area contributed by atoms with Gasteiger partial charge in [0.1, 0.15) is 5.75 Å². The third kappa shape index (κ3) is 1.25. The number of nitrogens with zero attached hydrogens (tertiary/aromatic N) is 1. The van der Waals surface area contributed by atoms with Crippen LogP contribution in [0.3, 0.4) is 0 Å². The number of phenols is 1. The maximum absolute atomic E-state index is 9.55. The summed E-state index contributed by atoms with van der Waals surface area (Å²) in [7, 11) is 0. The van der Waals surface area contributed by atoms with Crippen molar-refractivity contribution in [2.24, 2.45) is 10.7 Å². The first-order chi connectivity index (χ1) is 6.18. The van der Waals surface area contributed by atoms with Crippen LogP contribution < -0.4 is 11.1 Å². The van der Waals surface area contributed by atoms with Gasteiger partial charge in [-0.2, -0.15) is 0 Å². The van der Waals surface area contributed by atoms with Gasteiger partial charge < -0.3 is 10.4 Å². The van der Waals surface area contributed by atoms with E-state index < -0.39 is 6.29 Å². The first-order valence-corrected chi connectivity index (χ1v) is 4.07. The van der Waals surface area contributed by atoms with Crippen molar-refractivity contribution in [3.8, 4) is 5.75 Å². The molecular formula is C9H11N3O. The number of phenolic OH excluding ortho intramolecular Hbond substituents is 1. The summed E-state index contributed by atoms with van der Waals surface area (Å²) in [6, 6.07) is 5.27. The fraction of sp³-hybridized carbons (Fsp3) is 0.222. The normalized spacial score (nSPS) is 20.2. The third-order valence-electron chi connectivity index (χ3n) is 2.04. The molecule has 2 rings (SSSR count). The maximum Gasteiger partial charge on any atom is 0.171 e. The minimum absolute atomic E-state index is 0.234. The van der Waals surface area contributed by atoms with Crippen LogP contribution in [0, 0.1) is 0 Å². The summed E-state index contributed by atoms with van der Waals surface area (Å²) < 4.78 is 0. The van der Waals surface area contributed by atoms with Crippen LogP contribution >= 0.6 is 0 Å². The zero-order chi connectivity index (χ0) is 9.42. The number of benzene rings is 1. The Bertz CT molecular complexity index is 373. The van der Waals surface area contributed by atoms with Gasteiger partial charge in [-0.3, -0.25) is 10.7 Å². The predicted octanol–water partition coefficient (Wildman–Crippen LogP) is 0.869. The van der Waals surface area contributed by atoms with E-state index >= 15 is 0 Å². The van der Waals surface area contributed by atoms with Crippen molar-refractivity contribution in [1.82, 2.24) is 0 Å². The second-order valence-corrected chi connectivity index (χ2v) is 3.00. The van der Waals surface area contributed by atoms with E-state index in [0.29, 0.717) is 0 Å². The molecule has 1 unspecified atom stereocenters. The lowest BCUT2D eigenvalue weighted by molar-refractivity contribution is 0.474. The van der Waals surface area contributed by atoms with Crippen molar-refractivity contribution in [1.29, 1.82) is 0 Å². The maximum atomic E-state index is 9.55. The zero-order valence-corrected chi connectivity index (χ0v) is 7.28. The Labute approximate surface area is 76.1 Å². The molecule has 0 amide bonds. The van der Waals surface area contributed by atoms with E-state index in [-0.39, 0.29) is 5.75 Å². The van der Waals surface area contributed by atoms with Crippen LogP contribution in [0.5, 0.6) is 5.75 Å². The Kier molecular flexibility index (Phi) is 1.70. The van der Waals surface area contributed by atoms with Crippen LogP contribution in [0.1, 0.15) is 12.5 Å². The van der Waals surface area contributed by atoms with Crippen molar-refractivity contribution >= 4 is 11.4 Å². The van der Waals surface area contributed by atoms with Gasteiger partial charge in [0.25, 0.3) is 0 Å². The van der Waals surface area contributed by atoms with E-state index in [2.05, 4.69) is 10.3 Å². The molecule has 0 aliphatic carbocycles. The summed E-state index contributed by atoms with van der Waals surface area (Å²) in [5, 5.41) is 12.5. The predicted molar refractivity (Wildman–Crippen MR) is 51.9 cm³/mol. The Morgan fingerprint density at radius 2 is 2.31 bits per heavy atom. The minimum atomic E-state index is -0.408. The highest BCUT2D eigenvalue weighted by molar-refractivity contribution is 6.07. The smallest absolute Gasteiger partial charge is 0.171 e. The number of aliphatic imine (C=N–C) groups is 1. The standard InChI is InChI=1S/C9H11N3O/c1-5-8-6(12-9(10)11-5)3-2-4-7(8)13/h2-4,9,12-13H,10H2,1H3. The number of nitrogens with one attached hydrogen (secondary N) is 1. The Hall–Kier alpha value is -1.55. The first-order valence-electron chi connectivity index (χ1n) is 4.07. The lowest BCUT2D eigenvalue weighted by Gasteiger charge is -2.21. The Balaban J connectivity index is 2.60. The molecule has 4 N–H and O–H groups in total. The van der Waals surface area contributed by atoms with E-state index in [1.54, 1.807) is 12.1 Å². The second-order valence-electron chi connectivity index (χ2n) is 3.00. The van der Waals surface area contributed by atoms with E-state index in [1.165, 1.54) is 0 Å². The van der Waals surface area contributed by atoms with E-state index in [0.717, 1.165) is 17.0 Å². The molecular weight excluding hydrogens is 166 g/mol. The molecule has 1 atom stereocenters. The minimum Gasteiger partial charge on any atom is -0.507 e. The molecule has 1 aromatic rings. The number of fused-ring (bicyclic) bond motifs is 1. The number of anilines is 1. The number of aromatic hydroxyl groups is 1. The molecule has 0 fully saturated rings. The molecule has 0 saturated carbocycles. The molecule has 0 bridgehead atoms. The highest BCUT2D eigenvalue weighted by atomic mass is 16.3. The Morgan fingerprint density at radius 1 is 1.54 bits per heavy atom. The molecule has 13 heavy (non-hydrogen) atoms. The van der Waals surface area contributed by atoms with Crippen LogP contribution in [0.25, 0.3) is 0 Å². The topological polar surface area (TPSA) is 70.6 Å². The van der Waals surface area contributed by atoms with Gasteiger partial charge in [-0.05, 0) is 19.1 Å². The number of rotatable bonds is 0. The molecule has 68 valence electrons. The van der Waals surface area contributed by atoms with Gasteiger partial charge in [-0.1, -0.05) is 6.07 Å². The summed E-state index contributed by atoms with van der Waals surface area (Å²) in [6.45, 7) is 1.83. The highest BCUT2D eigenvalue weighted by Gasteiger charge is 2.17. The van der Waals surface area contributed by atoms with Crippen LogP contribution in [0.4, 0.5) is 5.69 Å². The molecule has 0 aromatic heterocycles. The molecule has 0 radical (unpaired) electrons. The number of hydrogen-bond acceptors (Lipinski definition) is 4. The third-order valence-corrected chi connectivity index (χ3v) is 2.04. The lowest BCUT2D eigenvalue weighted by atomic mass is 10.1. The Morgan fingerprint density at radius 3 is 3.08 bits per heavy atom. The largest absolute Gasteiger partial charge is 0.507 e. The van der Waals surface area contributed by atoms with E-state index in [9.17, 15) is 5.11 Å². The lowest BCUT2D eigenvalue weighted by Crippen LogP contribution is -2.32. The molecule has 1 aliphatic rings. The van der Waals surface area contributed by atoms with Crippen LogP contribution in [0.2, 0.25) is 0 Å². The molecule has 1 aromatic carbocycles. The average Bonchev–Trinajstić information content (AvgIpc) is 2.02. The van der Waals surface area contributed by atoms with Gasteiger partial charge in [-0.15, -0.1) is 0 Å². The summed E-state index contributed by atoms with van der Waals surface area (Å²) in [5.74, 6) is 0.234. The molecule has 1 aliphatic heterocycles. The zero-order valence-electron chi connectivity index (χ0n) is 7.28. The summed E-state index contributed by atoms with van der Waals surface area (Å²) >= 11 is 0. The van der Waals surface area contributed by atoms with Gasteiger partial charge in [0, 0.05) is 11.4 Å². The van der Waals surface area contributed by atoms with Gasteiger partial charge in [-0.25, -0.2) is 0 Å². The number of nitrogens with two attached hydrogens (primary N) is 1.